The van der Waals surface area contributed by atoms with Crippen molar-refractivity contribution in [2.45, 2.75) is 25.6 Å². The van der Waals surface area contributed by atoms with Crippen LogP contribution in [0.3, 0.4) is 0 Å². The highest BCUT2D eigenvalue weighted by molar-refractivity contribution is 14.0. The second kappa shape index (κ2) is 11.9. The summed E-state index contributed by atoms with van der Waals surface area (Å²) in [7, 11) is 0. The Bertz CT molecular complexity index is 802. The van der Waals surface area contributed by atoms with Crippen molar-refractivity contribution in [2.75, 3.05) is 31.5 Å². The van der Waals surface area contributed by atoms with Gasteiger partial charge in [-0.2, -0.15) is 13.2 Å². The highest BCUT2D eigenvalue weighted by atomic mass is 127. The fourth-order valence-electron chi connectivity index (χ4n) is 2.42. The Balaban J connectivity index is 0.00000450. The minimum absolute atomic E-state index is 0. The summed E-state index contributed by atoms with van der Waals surface area (Å²) in [5.74, 6) is 0.381. The zero-order chi connectivity index (χ0) is 21.3. The van der Waals surface area contributed by atoms with E-state index in [1.165, 1.54) is 0 Å². The summed E-state index contributed by atoms with van der Waals surface area (Å²) in [6, 6.07) is 10.0. The van der Waals surface area contributed by atoms with Gasteiger partial charge in [-0.15, -0.1) is 24.0 Å². The van der Waals surface area contributed by atoms with E-state index in [1.807, 2.05) is 37.3 Å². The van der Waals surface area contributed by atoms with E-state index in [9.17, 15) is 18.3 Å². The van der Waals surface area contributed by atoms with Gasteiger partial charge in [0.05, 0.1) is 6.54 Å². The molecule has 2 aromatic rings. The van der Waals surface area contributed by atoms with E-state index in [2.05, 4.69) is 30.9 Å². The normalized spacial score (nSPS) is 13.7. The molecule has 0 aliphatic heterocycles. The molecule has 0 saturated heterocycles. The molecule has 0 radical (unpaired) electrons. The van der Waals surface area contributed by atoms with Gasteiger partial charge in [0.25, 0.3) is 0 Å². The topological polar surface area (TPSA) is 94.5 Å². The Hall–Kier alpha value is -2.15. The van der Waals surface area contributed by atoms with Crippen molar-refractivity contribution in [3.63, 3.8) is 0 Å². The van der Waals surface area contributed by atoms with E-state index in [1.54, 1.807) is 6.92 Å². The predicted octanol–water partition coefficient (Wildman–Crippen LogP) is 2.99. The van der Waals surface area contributed by atoms with Crippen molar-refractivity contribution in [1.29, 1.82) is 0 Å². The lowest BCUT2D eigenvalue weighted by Crippen LogP contribution is -2.40. The fraction of sp³-hybridized carbons (Fsp3) is 0.421. The number of anilines is 1. The monoisotopic (exact) mass is 538 g/mol. The molecular formula is C19H26F3IN6O. The number of hydrogen-bond acceptors (Lipinski definition) is 5. The first-order chi connectivity index (χ1) is 13.7. The van der Waals surface area contributed by atoms with Gasteiger partial charge >= 0.3 is 6.18 Å². The molecule has 1 aromatic carbocycles. The molecule has 0 saturated carbocycles. The van der Waals surface area contributed by atoms with Crippen molar-refractivity contribution in [1.82, 2.24) is 20.6 Å². The summed E-state index contributed by atoms with van der Waals surface area (Å²) >= 11 is 0. The van der Waals surface area contributed by atoms with Gasteiger partial charge in [0.2, 0.25) is 5.95 Å². The Kier molecular flexibility index (Phi) is 10.3. The van der Waals surface area contributed by atoms with Crippen LogP contribution < -0.4 is 16.0 Å². The number of hydrogen-bond donors (Lipinski definition) is 4. The van der Waals surface area contributed by atoms with Crippen LogP contribution in [0.2, 0.25) is 0 Å². The molecule has 0 aliphatic rings. The van der Waals surface area contributed by atoms with E-state index >= 15 is 0 Å². The average molecular weight is 538 g/mol. The summed E-state index contributed by atoms with van der Waals surface area (Å²) in [4.78, 5) is 11.6. The summed E-state index contributed by atoms with van der Waals surface area (Å²) in [5.41, 5.74) is -1.38. The SMILES string of the molecule is CCNC(=NCC(C)(O)c1ccccc1)NCCNc1nccc(C(F)(F)F)n1.I. The maximum atomic E-state index is 12.7. The number of alkyl halides is 3. The number of nitrogens with one attached hydrogen (secondary N) is 3. The summed E-state index contributed by atoms with van der Waals surface area (Å²) in [6.07, 6.45) is -3.46. The van der Waals surface area contributed by atoms with Crippen molar-refractivity contribution >= 4 is 35.9 Å². The maximum absolute atomic E-state index is 12.7. The largest absolute Gasteiger partial charge is 0.433 e. The van der Waals surface area contributed by atoms with E-state index in [0.717, 1.165) is 17.8 Å². The predicted molar refractivity (Wildman–Crippen MR) is 121 cm³/mol. The van der Waals surface area contributed by atoms with Crippen LogP contribution >= 0.6 is 24.0 Å². The number of rotatable bonds is 8. The number of aliphatic imine (C=N–C) groups is 1. The molecule has 0 bridgehead atoms. The van der Waals surface area contributed by atoms with Gasteiger partial charge in [0.1, 0.15) is 11.3 Å². The first-order valence-electron chi connectivity index (χ1n) is 9.16. The molecule has 0 amide bonds. The zero-order valence-corrected chi connectivity index (χ0v) is 19.0. The van der Waals surface area contributed by atoms with Gasteiger partial charge in [-0.25, -0.2) is 15.0 Å². The zero-order valence-electron chi connectivity index (χ0n) is 16.7. The van der Waals surface area contributed by atoms with E-state index in [4.69, 9.17) is 0 Å². The molecule has 1 atom stereocenters. The van der Waals surface area contributed by atoms with Crippen molar-refractivity contribution in [3.8, 4) is 0 Å². The highest BCUT2D eigenvalue weighted by Crippen LogP contribution is 2.27. The number of halogens is 4. The van der Waals surface area contributed by atoms with Crippen LogP contribution in [-0.2, 0) is 11.8 Å². The van der Waals surface area contributed by atoms with Crippen LogP contribution in [0.25, 0.3) is 0 Å². The van der Waals surface area contributed by atoms with Gasteiger partial charge in [0, 0.05) is 25.8 Å². The van der Waals surface area contributed by atoms with E-state index in [0.29, 0.717) is 19.0 Å². The lowest BCUT2D eigenvalue weighted by atomic mass is 9.96. The molecule has 11 heteroatoms. The third-order valence-corrected chi connectivity index (χ3v) is 3.93. The van der Waals surface area contributed by atoms with Crippen LogP contribution in [0.15, 0.2) is 47.6 Å². The van der Waals surface area contributed by atoms with Gasteiger partial charge < -0.3 is 21.1 Å². The van der Waals surface area contributed by atoms with Gasteiger partial charge in [-0.3, -0.25) is 0 Å². The van der Waals surface area contributed by atoms with Crippen LogP contribution in [0.5, 0.6) is 0 Å². The van der Waals surface area contributed by atoms with Crippen molar-refractivity contribution < 1.29 is 18.3 Å². The minimum atomic E-state index is -4.52. The van der Waals surface area contributed by atoms with E-state index < -0.39 is 17.5 Å². The van der Waals surface area contributed by atoms with Crippen LogP contribution in [0.4, 0.5) is 19.1 Å². The second-order valence-corrected chi connectivity index (χ2v) is 6.45. The van der Waals surface area contributed by atoms with Gasteiger partial charge in [-0.1, -0.05) is 30.3 Å². The number of aromatic nitrogens is 2. The molecule has 4 N–H and O–H groups in total. The Labute approximate surface area is 190 Å². The standard InChI is InChI=1S/C19H25F3N6O.HI/c1-3-23-16(27-13-18(2,29)14-7-5-4-6-8-14)25-11-12-26-17-24-10-9-15(28-17)19(20,21)22;/h4-10,29H,3,11-13H2,1-2H3,(H2,23,25,27)(H,24,26,28);1H. The third-order valence-electron chi connectivity index (χ3n) is 3.93. The molecular weight excluding hydrogens is 512 g/mol. The average Bonchev–Trinajstić information content (AvgIpc) is 2.69. The lowest BCUT2D eigenvalue weighted by Gasteiger charge is -2.22. The third kappa shape index (κ3) is 8.30. The molecule has 7 nitrogen and oxygen atoms in total. The maximum Gasteiger partial charge on any atom is 0.433 e. The molecule has 1 heterocycles. The van der Waals surface area contributed by atoms with Crippen LogP contribution in [0.1, 0.15) is 25.1 Å². The molecule has 166 valence electrons. The molecule has 30 heavy (non-hydrogen) atoms. The lowest BCUT2D eigenvalue weighted by molar-refractivity contribution is -0.141. The smallest absolute Gasteiger partial charge is 0.384 e. The number of guanidine groups is 1. The number of nitrogens with zero attached hydrogens (tertiary/aromatic N) is 3. The van der Waals surface area contributed by atoms with Gasteiger partial charge in [0.15, 0.2) is 5.96 Å². The molecule has 0 spiro atoms. The number of aliphatic hydroxyl groups is 1. The summed E-state index contributed by atoms with van der Waals surface area (Å²) in [5, 5.41) is 19.5. The first-order valence-corrected chi connectivity index (χ1v) is 9.16. The Morgan fingerprint density at radius 2 is 1.80 bits per heavy atom. The van der Waals surface area contributed by atoms with E-state index in [-0.39, 0.29) is 43.0 Å². The number of benzene rings is 1. The van der Waals surface area contributed by atoms with Crippen LogP contribution in [0, 0.1) is 0 Å². The van der Waals surface area contributed by atoms with Gasteiger partial charge in [-0.05, 0) is 25.5 Å². The Morgan fingerprint density at radius 1 is 1.10 bits per heavy atom. The molecule has 0 fully saturated rings. The summed E-state index contributed by atoms with van der Waals surface area (Å²) in [6.45, 7) is 4.98. The Morgan fingerprint density at radius 3 is 2.43 bits per heavy atom. The first kappa shape index (κ1) is 25.9. The summed E-state index contributed by atoms with van der Waals surface area (Å²) < 4.78 is 38.0. The molecule has 0 aliphatic carbocycles. The van der Waals surface area contributed by atoms with Crippen molar-refractivity contribution in [2.24, 2.45) is 4.99 Å². The minimum Gasteiger partial charge on any atom is -0.384 e. The quantitative estimate of drug-likeness (QED) is 0.179. The van der Waals surface area contributed by atoms with Crippen molar-refractivity contribution in [3.05, 3.63) is 53.9 Å². The van der Waals surface area contributed by atoms with Crippen LogP contribution in [-0.4, -0.2) is 47.2 Å². The fourth-order valence-corrected chi connectivity index (χ4v) is 2.42. The molecule has 2 rings (SSSR count). The second-order valence-electron chi connectivity index (χ2n) is 6.45. The molecule has 1 unspecified atom stereocenters. The highest BCUT2D eigenvalue weighted by Gasteiger charge is 2.32. The molecule has 1 aromatic heterocycles.